The van der Waals surface area contributed by atoms with Gasteiger partial charge in [0.1, 0.15) is 12.3 Å². The van der Waals surface area contributed by atoms with Gasteiger partial charge in [-0.2, -0.15) is 0 Å². The Kier molecular flexibility index (Phi) is 4.28. The Labute approximate surface area is 168 Å². The van der Waals surface area contributed by atoms with Crippen molar-refractivity contribution in [3.8, 4) is 11.3 Å². The highest BCUT2D eigenvalue weighted by atomic mass is 16.6. The number of amides is 1. The number of allylic oxidation sites excluding steroid dienone is 1. The molecule has 0 radical (unpaired) electrons. The number of hydrogen-bond acceptors (Lipinski definition) is 4. The second kappa shape index (κ2) is 6.84. The zero-order chi connectivity index (χ0) is 20.0. The molecule has 3 heterocycles. The Morgan fingerprint density at radius 2 is 2.17 bits per heavy atom. The van der Waals surface area contributed by atoms with Crippen molar-refractivity contribution in [2.75, 3.05) is 6.54 Å². The number of aromatic amines is 1. The predicted molar refractivity (Wildman–Crippen MR) is 111 cm³/mol. The van der Waals surface area contributed by atoms with Gasteiger partial charge in [-0.05, 0) is 55.1 Å². The maximum Gasteiger partial charge on any atom is 0.275 e. The predicted octanol–water partition coefficient (Wildman–Crippen LogP) is 3.27. The third-order valence-corrected chi connectivity index (χ3v) is 5.89. The molecule has 2 aliphatic heterocycles. The van der Waals surface area contributed by atoms with Crippen molar-refractivity contribution in [3.05, 3.63) is 71.3 Å². The van der Waals surface area contributed by atoms with Crippen molar-refractivity contribution in [1.82, 2.24) is 15.8 Å². The summed E-state index contributed by atoms with van der Waals surface area (Å²) in [7, 11) is 0. The highest BCUT2D eigenvalue weighted by molar-refractivity contribution is 6.09. The smallest absolute Gasteiger partial charge is 0.275 e. The number of aromatic nitrogens is 1. The number of rotatable bonds is 4. The van der Waals surface area contributed by atoms with Gasteiger partial charge in [0.05, 0.1) is 11.3 Å². The Balaban J connectivity index is 1.68. The average Bonchev–Trinajstić information content (AvgIpc) is 3.28. The van der Waals surface area contributed by atoms with E-state index in [2.05, 4.69) is 28.4 Å². The maximum atomic E-state index is 12.3. The standard InChI is InChI=1S/C23H23N3O3/c1-2-5-14-12-15(8-9-18(14)23(28)10-4-11-24-23)21-17-13-29-26-22(27)16-6-3-7-19(25-21)20(16)17/h2-3,6-9,12,24-25,28H,1,4-5,10-11,13H2,(H,26,27)/t23-/m1/s1. The lowest BCUT2D eigenvalue weighted by Crippen LogP contribution is -2.37. The van der Waals surface area contributed by atoms with E-state index in [4.69, 9.17) is 4.84 Å². The lowest BCUT2D eigenvalue weighted by atomic mass is 9.91. The van der Waals surface area contributed by atoms with Crippen molar-refractivity contribution in [2.24, 2.45) is 0 Å². The van der Waals surface area contributed by atoms with E-state index in [9.17, 15) is 9.90 Å². The number of hydroxylamine groups is 1. The molecule has 0 spiro atoms. The fourth-order valence-corrected chi connectivity index (χ4v) is 4.56. The second-order valence-corrected chi connectivity index (χ2v) is 7.68. The van der Waals surface area contributed by atoms with Gasteiger partial charge in [-0.25, -0.2) is 5.48 Å². The van der Waals surface area contributed by atoms with E-state index in [0.717, 1.165) is 51.8 Å². The summed E-state index contributed by atoms with van der Waals surface area (Å²) in [5.74, 6) is -0.239. The highest BCUT2D eigenvalue weighted by Crippen LogP contribution is 2.37. The van der Waals surface area contributed by atoms with E-state index in [-0.39, 0.29) is 12.5 Å². The van der Waals surface area contributed by atoms with Crippen LogP contribution in [0.25, 0.3) is 22.2 Å². The minimum absolute atomic E-state index is 0.239. The average molecular weight is 389 g/mol. The molecular weight excluding hydrogens is 366 g/mol. The van der Waals surface area contributed by atoms with Crippen LogP contribution < -0.4 is 10.8 Å². The quantitative estimate of drug-likeness (QED) is 0.516. The number of carbonyl (C=O) groups is 1. The summed E-state index contributed by atoms with van der Waals surface area (Å²) in [6.45, 7) is 4.97. The van der Waals surface area contributed by atoms with Gasteiger partial charge in [-0.3, -0.25) is 14.9 Å². The summed E-state index contributed by atoms with van der Waals surface area (Å²) in [6.07, 6.45) is 4.15. The third-order valence-electron chi connectivity index (χ3n) is 5.89. The molecule has 29 heavy (non-hydrogen) atoms. The molecule has 4 N–H and O–H groups in total. The third kappa shape index (κ3) is 2.88. The Morgan fingerprint density at radius 3 is 2.97 bits per heavy atom. The Hall–Kier alpha value is -2.93. The summed E-state index contributed by atoms with van der Waals surface area (Å²) < 4.78 is 0. The molecule has 148 valence electrons. The van der Waals surface area contributed by atoms with Gasteiger partial charge >= 0.3 is 0 Å². The van der Waals surface area contributed by atoms with E-state index >= 15 is 0 Å². The molecular formula is C23H23N3O3. The first-order valence-electron chi connectivity index (χ1n) is 9.88. The zero-order valence-corrected chi connectivity index (χ0v) is 16.0. The van der Waals surface area contributed by atoms with Crippen LogP contribution in [0.2, 0.25) is 0 Å². The van der Waals surface area contributed by atoms with Crippen molar-refractivity contribution in [1.29, 1.82) is 0 Å². The molecule has 0 unspecified atom stereocenters. The van der Waals surface area contributed by atoms with E-state index in [1.165, 1.54) is 0 Å². The molecule has 0 saturated carbocycles. The molecule has 5 rings (SSSR count). The van der Waals surface area contributed by atoms with Crippen molar-refractivity contribution < 1.29 is 14.7 Å². The van der Waals surface area contributed by atoms with E-state index < -0.39 is 5.72 Å². The van der Waals surface area contributed by atoms with Gasteiger partial charge in [0.2, 0.25) is 0 Å². The summed E-state index contributed by atoms with van der Waals surface area (Å²) in [4.78, 5) is 21.2. The van der Waals surface area contributed by atoms with Gasteiger partial charge in [0, 0.05) is 22.0 Å². The molecule has 1 amide bonds. The molecule has 1 aromatic heterocycles. The zero-order valence-electron chi connectivity index (χ0n) is 16.0. The van der Waals surface area contributed by atoms with Crippen LogP contribution in [0.5, 0.6) is 0 Å². The van der Waals surface area contributed by atoms with E-state index in [0.29, 0.717) is 18.4 Å². The fraction of sp³-hybridized carbons (Fsp3) is 0.261. The van der Waals surface area contributed by atoms with Crippen molar-refractivity contribution >= 4 is 16.8 Å². The summed E-state index contributed by atoms with van der Waals surface area (Å²) in [6, 6.07) is 11.7. The van der Waals surface area contributed by atoms with Gasteiger partial charge in [-0.15, -0.1) is 6.58 Å². The Bertz CT molecular complexity index is 1130. The SMILES string of the molecule is C=CCc1cc(-c2[nH]c3cccc4c3c2CONC4=O)ccc1[C@]1(O)CCCN1. The molecule has 1 atom stereocenters. The highest BCUT2D eigenvalue weighted by Gasteiger charge is 2.34. The monoisotopic (exact) mass is 389 g/mol. The number of H-pyrrole nitrogens is 1. The van der Waals surface area contributed by atoms with E-state index in [1.54, 1.807) is 6.07 Å². The maximum absolute atomic E-state index is 12.3. The number of hydrogen-bond donors (Lipinski definition) is 4. The van der Waals surface area contributed by atoms with Crippen LogP contribution >= 0.6 is 0 Å². The van der Waals surface area contributed by atoms with E-state index in [1.807, 2.05) is 30.3 Å². The topological polar surface area (TPSA) is 86.4 Å². The van der Waals surface area contributed by atoms with Crippen LogP contribution in [0.1, 0.15) is 39.9 Å². The first-order chi connectivity index (χ1) is 14.1. The molecule has 2 aromatic carbocycles. The van der Waals surface area contributed by atoms with Crippen LogP contribution in [-0.4, -0.2) is 22.5 Å². The first kappa shape index (κ1) is 18.1. The lowest BCUT2D eigenvalue weighted by Gasteiger charge is -2.26. The molecule has 3 aromatic rings. The number of aliphatic hydroxyl groups is 1. The minimum Gasteiger partial charge on any atom is -0.372 e. The first-order valence-corrected chi connectivity index (χ1v) is 9.88. The van der Waals surface area contributed by atoms with Gasteiger partial charge < -0.3 is 10.1 Å². The number of benzene rings is 2. The van der Waals surface area contributed by atoms with Crippen LogP contribution in [0, 0.1) is 0 Å². The minimum atomic E-state index is -0.990. The van der Waals surface area contributed by atoms with Gasteiger partial charge in [0.25, 0.3) is 5.91 Å². The van der Waals surface area contributed by atoms with Crippen LogP contribution in [0.3, 0.4) is 0 Å². The summed E-state index contributed by atoms with van der Waals surface area (Å²) in [5.41, 5.74) is 7.79. The van der Waals surface area contributed by atoms with Crippen LogP contribution in [0.15, 0.2) is 49.1 Å². The van der Waals surface area contributed by atoms with Gasteiger partial charge in [-0.1, -0.05) is 24.3 Å². The van der Waals surface area contributed by atoms with Crippen LogP contribution in [0.4, 0.5) is 0 Å². The van der Waals surface area contributed by atoms with Crippen LogP contribution in [-0.2, 0) is 23.6 Å². The molecule has 0 aliphatic carbocycles. The summed E-state index contributed by atoms with van der Waals surface area (Å²) in [5, 5.41) is 15.2. The molecule has 2 aliphatic rings. The molecule has 0 bridgehead atoms. The lowest BCUT2D eigenvalue weighted by molar-refractivity contribution is 0.0200. The van der Waals surface area contributed by atoms with Crippen molar-refractivity contribution in [2.45, 2.75) is 31.6 Å². The molecule has 6 heteroatoms. The molecule has 1 fully saturated rings. The molecule has 1 saturated heterocycles. The number of nitrogens with one attached hydrogen (secondary N) is 3. The fourth-order valence-electron chi connectivity index (χ4n) is 4.56. The molecule has 6 nitrogen and oxygen atoms in total. The van der Waals surface area contributed by atoms with Crippen molar-refractivity contribution in [3.63, 3.8) is 0 Å². The van der Waals surface area contributed by atoms with Gasteiger partial charge in [0.15, 0.2) is 0 Å². The largest absolute Gasteiger partial charge is 0.372 e. The Morgan fingerprint density at radius 1 is 1.28 bits per heavy atom. The summed E-state index contributed by atoms with van der Waals surface area (Å²) >= 11 is 0. The second-order valence-electron chi connectivity index (χ2n) is 7.68. The normalized spacial score (nSPS) is 21.2. The number of carbonyl (C=O) groups excluding carboxylic acids is 1.